The Bertz CT molecular complexity index is 808. The lowest BCUT2D eigenvalue weighted by molar-refractivity contribution is 0.307. The van der Waals surface area contributed by atoms with Crippen molar-refractivity contribution in [3.63, 3.8) is 0 Å². The molecular formula is C16H20N8S. The topological polar surface area (TPSA) is 87.2 Å². The molecule has 0 N–H and O–H groups in total. The minimum atomic E-state index is 0.0311. The highest BCUT2D eigenvalue weighted by Crippen LogP contribution is 2.36. The summed E-state index contributed by atoms with van der Waals surface area (Å²) in [4.78, 5) is 0. The van der Waals surface area contributed by atoms with Gasteiger partial charge >= 0.3 is 0 Å². The highest BCUT2D eigenvalue weighted by atomic mass is 32.2. The summed E-state index contributed by atoms with van der Waals surface area (Å²) in [6.07, 6.45) is 6.10. The van der Waals surface area contributed by atoms with Gasteiger partial charge in [-0.05, 0) is 52.8 Å². The molecule has 0 amide bonds. The van der Waals surface area contributed by atoms with Gasteiger partial charge < -0.3 is 0 Å². The second-order valence-electron chi connectivity index (χ2n) is 6.24. The first-order chi connectivity index (χ1) is 12.3. The van der Waals surface area contributed by atoms with Crippen molar-refractivity contribution in [3.05, 3.63) is 36.2 Å². The number of rotatable bonds is 5. The van der Waals surface area contributed by atoms with Crippen LogP contribution in [-0.2, 0) is 0 Å². The van der Waals surface area contributed by atoms with Gasteiger partial charge in [-0.1, -0.05) is 49.2 Å². The van der Waals surface area contributed by atoms with Crippen molar-refractivity contribution in [1.82, 2.24) is 40.4 Å². The molecule has 1 aromatic carbocycles. The largest absolute Gasteiger partial charge is 0.217 e. The SMILES string of the molecule is C[C@H](Sc1nnnn1C1CCCCC1)c1nnnn1-c1ccccc1. The van der Waals surface area contributed by atoms with E-state index in [-0.39, 0.29) is 5.25 Å². The summed E-state index contributed by atoms with van der Waals surface area (Å²) < 4.78 is 3.75. The van der Waals surface area contributed by atoms with Crippen LogP contribution in [0.25, 0.3) is 5.69 Å². The maximum Gasteiger partial charge on any atom is 0.210 e. The van der Waals surface area contributed by atoms with Crippen LogP contribution in [0, 0.1) is 0 Å². The highest BCUT2D eigenvalue weighted by molar-refractivity contribution is 7.99. The van der Waals surface area contributed by atoms with Crippen LogP contribution in [0.2, 0.25) is 0 Å². The molecule has 0 bridgehead atoms. The zero-order valence-electron chi connectivity index (χ0n) is 14.1. The molecule has 0 radical (unpaired) electrons. The zero-order chi connectivity index (χ0) is 17.1. The standard InChI is InChI=1S/C16H20N8S/c1-12(15-17-19-21-23(15)13-8-4-2-5-9-13)25-16-18-20-22-24(16)14-10-6-3-7-11-14/h2,4-5,8-9,12,14H,3,6-7,10-11H2,1H3/t12-/m0/s1. The van der Waals surface area contributed by atoms with E-state index in [1.54, 1.807) is 16.4 Å². The molecular weight excluding hydrogens is 336 g/mol. The van der Waals surface area contributed by atoms with Crippen LogP contribution in [0.1, 0.15) is 56.1 Å². The predicted octanol–water partition coefficient (Wildman–Crippen LogP) is 3.01. The summed E-state index contributed by atoms with van der Waals surface area (Å²) >= 11 is 1.60. The third-order valence-electron chi connectivity index (χ3n) is 4.52. The van der Waals surface area contributed by atoms with Crippen molar-refractivity contribution >= 4 is 11.8 Å². The molecule has 2 aromatic heterocycles. The summed E-state index contributed by atoms with van der Waals surface area (Å²) in [5.41, 5.74) is 0.946. The molecule has 0 spiro atoms. The number of aromatic nitrogens is 8. The van der Waals surface area contributed by atoms with Crippen LogP contribution < -0.4 is 0 Å². The van der Waals surface area contributed by atoms with Gasteiger partial charge in [0.25, 0.3) is 0 Å². The molecule has 25 heavy (non-hydrogen) atoms. The van der Waals surface area contributed by atoms with Gasteiger partial charge in [-0.2, -0.15) is 4.68 Å². The first kappa shape index (κ1) is 16.2. The number of nitrogens with zero attached hydrogens (tertiary/aromatic N) is 8. The normalized spacial score (nSPS) is 16.8. The molecule has 130 valence electrons. The van der Waals surface area contributed by atoms with E-state index in [9.17, 15) is 0 Å². The van der Waals surface area contributed by atoms with Crippen LogP contribution >= 0.6 is 11.8 Å². The Morgan fingerprint density at radius 3 is 2.56 bits per heavy atom. The number of tetrazole rings is 2. The van der Waals surface area contributed by atoms with Gasteiger partial charge in [0, 0.05) is 0 Å². The fraction of sp³-hybridized carbons (Fsp3) is 0.500. The van der Waals surface area contributed by atoms with E-state index in [1.165, 1.54) is 19.3 Å². The third-order valence-corrected chi connectivity index (χ3v) is 5.57. The average molecular weight is 356 g/mol. The molecule has 1 aliphatic carbocycles. The Hall–Kier alpha value is -2.29. The number of thioether (sulfide) groups is 1. The van der Waals surface area contributed by atoms with Crippen molar-refractivity contribution in [3.8, 4) is 5.69 Å². The molecule has 1 saturated carbocycles. The molecule has 1 atom stereocenters. The van der Waals surface area contributed by atoms with Gasteiger partial charge in [0.1, 0.15) is 0 Å². The highest BCUT2D eigenvalue weighted by Gasteiger charge is 2.24. The van der Waals surface area contributed by atoms with Crippen LogP contribution in [0.15, 0.2) is 35.5 Å². The summed E-state index contributed by atoms with van der Waals surface area (Å²) in [6, 6.07) is 10.3. The molecule has 1 fully saturated rings. The van der Waals surface area contributed by atoms with Crippen molar-refractivity contribution < 1.29 is 0 Å². The first-order valence-electron chi connectivity index (χ1n) is 8.61. The fourth-order valence-corrected chi connectivity index (χ4v) is 4.18. The average Bonchev–Trinajstić information content (AvgIpc) is 3.32. The summed E-state index contributed by atoms with van der Waals surface area (Å²) in [6.45, 7) is 2.08. The monoisotopic (exact) mass is 356 g/mol. The van der Waals surface area contributed by atoms with E-state index >= 15 is 0 Å². The maximum absolute atomic E-state index is 4.23. The predicted molar refractivity (Wildman–Crippen MR) is 93.4 cm³/mol. The molecule has 3 aromatic rings. The van der Waals surface area contributed by atoms with Gasteiger partial charge in [-0.15, -0.1) is 10.2 Å². The molecule has 8 nitrogen and oxygen atoms in total. The molecule has 9 heteroatoms. The Labute approximate surface area is 150 Å². The van der Waals surface area contributed by atoms with Crippen molar-refractivity contribution in [2.45, 2.75) is 55.5 Å². The second kappa shape index (κ2) is 7.30. The van der Waals surface area contributed by atoms with Crippen LogP contribution in [0.3, 0.4) is 0 Å². The minimum Gasteiger partial charge on any atom is -0.217 e. The van der Waals surface area contributed by atoms with Gasteiger partial charge in [-0.25, -0.2) is 4.68 Å². The lowest BCUT2D eigenvalue weighted by Crippen LogP contribution is -2.15. The van der Waals surface area contributed by atoms with Crippen LogP contribution in [0.5, 0.6) is 0 Å². The Balaban J connectivity index is 1.55. The van der Waals surface area contributed by atoms with Crippen molar-refractivity contribution in [1.29, 1.82) is 0 Å². The van der Waals surface area contributed by atoms with E-state index < -0.39 is 0 Å². The molecule has 0 saturated heterocycles. The smallest absolute Gasteiger partial charge is 0.210 e. The van der Waals surface area contributed by atoms with Crippen molar-refractivity contribution in [2.24, 2.45) is 0 Å². The minimum absolute atomic E-state index is 0.0311. The summed E-state index contributed by atoms with van der Waals surface area (Å²) in [5, 5.41) is 25.4. The zero-order valence-corrected chi connectivity index (χ0v) is 14.9. The Morgan fingerprint density at radius 1 is 1.00 bits per heavy atom. The molecule has 2 heterocycles. The summed E-state index contributed by atoms with van der Waals surface area (Å²) in [5.74, 6) is 0.786. The molecule has 0 unspecified atom stereocenters. The third kappa shape index (κ3) is 3.41. The lowest BCUT2D eigenvalue weighted by Gasteiger charge is -2.22. The first-order valence-corrected chi connectivity index (χ1v) is 9.49. The lowest BCUT2D eigenvalue weighted by atomic mass is 9.96. The van der Waals surface area contributed by atoms with Gasteiger partial charge in [0.15, 0.2) is 5.82 Å². The van der Waals surface area contributed by atoms with Gasteiger partial charge in [0.05, 0.1) is 17.0 Å². The molecule has 4 rings (SSSR count). The number of para-hydroxylation sites is 1. The van der Waals surface area contributed by atoms with E-state index in [4.69, 9.17) is 0 Å². The number of benzene rings is 1. The number of hydrogen-bond acceptors (Lipinski definition) is 7. The molecule has 0 aliphatic heterocycles. The van der Waals surface area contributed by atoms with E-state index in [2.05, 4.69) is 38.0 Å². The Morgan fingerprint density at radius 2 is 1.76 bits per heavy atom. The van der Waals surface area contributed by atoms with E-state index in [0.717, 1.165) is 29.5 Å². The van der Waals surface area contributed by atoms with Gasteiger partial charge in [-0.3, -0.25) is 0 Å². The van der Waals surface area contributed by atoms with Crippen molar-refractivity contribution in [2.75, 3.05) is 0 Å². The van der Waals surface area contributed by atoms with Crippen LogP contribution in [0.4, 0.5) is 0 Å². The van der Waals surface area contributed by atoms with Gasteiger partial charge in [0.2, 0.25) is 5.16 Å². The second-order valence-corrected chi connectivity index (χ2v) is 7.55. The van der Waals surface area contributed by atoms with E-state index in [0.29, 0.717) is 6.04 Å². The summed E-state index contributed by atoms with van der Waals surface area (Å²) in [7, 11) is 0. The fourth-order valence-electron chi connectivity index (χ4n) is 3.23. The van der Waals surface area contributed by atoms with Crippen LogP contribution in [-0.4, -0.2) is 40.4 Å². The quantitative estimate of drug-likeness (QED) is 0.649. The van der Waals surface area contributed by atoms with E-state index in [1.807, 2.05) is 35.0 Å². The maximum atomic E-state index is 4.23. The Kier molecular flexibility index (Phi) is 4.73. The number of hydrogen-bond donors (Lipinski definition) is 0. The molecule has 1 aliphatic rings.